The molecule has 9 heteroatoms. The Morgan fingerprint density at radius 3 is 2.55 bits per heavy atom. The van der Waals surface area contributed by atoms with E-state index in [1.54, 1.807) is 4.57 Å². The second-order valence-corrected chi connectivity index (χ2v) is 18.9. The molecule has 0 N–H and O–H groups in total. The number of halogens is 1. The van der Waals surface area contributed by atoms with Gasteiger partial charge in [0.05, 0.1) is 15.9 Å². The first-order chi connectivity index (χ1) is 19.1. The lowest BCUT2D eigenvalue weighted by Crippen LogP contribution is -2.36. The van der Waals surface area contributed by atoms with E-state index in [-0.39, 0.29) is 5.56 Å². The number of hydrogen-bond donors (Lipinski definition) is 0. The molecule has 0 aliphatic carbocycles. The number of pyridine rings is 1. The third-order valence-electron chi connectivity index (χ3n) is 8.89. The summed E-state index contributed by atoms with van der Waals surface area (Å²) < 4.78 is 9.92. The molecule has 0 radical (unpaired) electrons. The highest BCUT2D eigenvalue weighted by Crippen LogP contribution is 2.44. The Balaban J connectivity index is 1.51. The average molecular weight is 578 g/mol. The van der Waals surface area contributed by atoms with Crippen LogP contribution in [0, 0.1) is 5.92 Å². The number of nitrogens with zero attached hydrogens (tertiary/aromatic N) is 5. The highest BCUT2D eigenvalue weighted by atomic mass is 35.5. The number of rotatable bonds is 8. The summed E-state index contributed by atoms with van der Waals surface area (Å²) in [7, 11) is 0.626. The zero-order chi connectivity index (χ0) is 28.3. The molecule has 6 rings (SSSR count). The van der Waals surface area contributed by atoms with E-state index < -0.39 is 8.07 Å². The Bertz CT molecular complexity index is 1660. The molecule has 0 spiro atoms. The second-order valence-electron chi connectivity index (χ2n) is 12.9. The molecule has 0 saturated carbocycles. The van der Waals surface area contributed by atoms with Crippen LogP contribution in [0.4, 0.5) is 5.95 Å². The molecule has 2 aliphatic heterocycles. The van der Waals surface area contributed by atoms with Gasteiger partial charge in [-0.15, -0.1) is 0 Å². The number of benzene rings is 1. The number of anilines is 1. The minimum absolute atomic E-state index is 0.0544. The maximum Gasteiger partial charge on any atom is 0.264 e. The second kappa shape index (κ2) is 10.3. The lowest BCUT2D eigenvalue weighted by atomic mass is 9.91. The van der Waals surface area contributed by atoms with Crippen molar-refractivity contribution in [2.24, 2.45) is 13.0 Å². The average Bonchev–Trinajstić information content (AvgIpc) is 3.58. The molecule has 212 valence electrons. The largest absolute Gasteiger partial charge is 0.361 e. The predicted octanol–water partition coefficient (Wildman–Crippen LogP) is 6.86. The Kier molecular flexibility index (Phi) is 7.08. The van der Waals surface area contributed by atoms with Gasteiger partial charge in [-0.25, -0.2) is 0 Å². The van der Waals surface area contributed by atoms with Crippen LogP contribution in [0.3, 0.4) is 0 Å². The first kappa shape index (κ1) is 27.5. The fourth-order valence-corrected chi connectivity index (χ4v) is 7.65. The molecule has 2 aliphatic rings. The first-order valence-electron chi connectivity index (χ1n) is 14.6. The number of aryl methyl sites for hydroxylation is 1. The summed E-state index contributed by atoms with van der Waals surface area (Å²) in [5.74, 6) is 1.37. The Morgan fingerprint density at radius 1 is 1.10 bits per heavy atom. The Morgan fingerprint density at radius 2 is 1.88 bits per heavy atom. The summed E-state index contributed by atoms with van der Waals surface area (Å²) >= 11 is 7.05. The van der Waals surface area contributed by atoms with Gasteiger partial charge >= 0.3 is 0 Å². The monoisotopic (exact) mass is 577 g/mol. The fourth-order valence-electron chi connectivity index (χ4n) is 6.58. The van der Waals surface area contributed by atoms with Gasteiger partial charge < -0.3 is 14.2 Å². The van der Waals surface area contributed by atoms with Crippen LogP contribution < -0.4 is 10.5 Å². The fraction of sp³-hybridized carbons (Fsp3) is 0.516. The summed E-state index contributed by atoms with van der Waals surface area (Å²) in [4.78, 5) is 26.6. The quantitative estimate of drug-likeness (QED) is 0.169. The summed E-state index contributed by atoms with van der Waals surface area (Å²) in [5, 5.41) is 2.12. The van der Waals surface area contributed by atoms with E-state index >= 15 is 0 Å². The van der Waals surface area contributed by atoms with Crippen molar-refractivity contribution >= 4 is 47.6 Å². The van der Waals surface area contributed by atoms with E-state index in [2.05, 4.69) is 44.5 Å². The molecule has 3 atom stereocenters. The van der Waals surface area contributed by atoms with Crippen LogP contribution in [0.1, 0.15) is 38.8 Å². The maximum absolute atomic E-state index is 14.2. The van der Waals surface area contributed by atoms with E-state index in [1.165, 1.54) is 0 Å². The number of hydrogen-bond acceptors (Lipinski definition) is 5. The van der Waals surface area contributed by atoms with Crippen molar-refractivity contribution in [1.29, 1.82) is 0 Å². The number of fused-ring (bicyclic) bond motifs is 4. The summed E-state index contributed by atoms with van der Waals surface area (Å²) in [6, 6.07) is 10.1. The summed E-state index contributed by atoms with van der Waals surface area (Å²) in [6.07, 6.45) is 6.30. The van der Waals surface area contributed by atoms with Crippen molar-refractivity contribution in [2.75, 3.05) is 11.5 Å². The van der Waals surface area contributed by atoms with Gasteiger partial charge in [0.25, 0.3) is 5.56 Å². The minimum Gasteiger partial charge on any atom is -0.361 e. The van der Waals surface area contributed by atoms with Crippen molar-refractivity contribution in [3.8, 4) is 11.1 Å². The molecule has 5 heterocycles. The van der Waals surface area contributed by atoms with Crippen molar-refractivity contribution in [3.05, 3.63) is 51.5 Å². The van der Waals surface area contributed by atoms with Crippen LogP contribution in [-0.2, 0) is 24.9 Å². The molecular weight excluding hydrogens is 538 g/mol. The van der Waals surface area contributed by atoms with Crippen LogP contribution in [0.5, 0.6) is 0 Å². The van der Waals surface area contributed by atoms with Crippen LogP contribution in [0.2, 0.25) is 30.7 Å². The van der Waals surface area contributed by atoms with Crippen LogP contribution in [-0.4, -0.2) is 45.9 Å². The molecule has 3 aromatic heterocycles. The van der Waals surface area contributed by atoms with E-state index in [9.17, 15) is 4.79 Å². The minimum atomic E-state index is -1.23. The lowest BCUT2D eigenvalue weighted by Gasteiger charge is -2.26. The highest BCUT2D eigenvalue weighted by Gasteiger charge is 2.46. The standard InChI is InChI=1S/C31H40ClN5O2Si/c1-7-21-10-8-20-9-12-23(27(32)28(20)33-21)24-17-36(18-39-14-15-40(4,5)6)29-26(24)30(38)35(3)31(34-29)37-22-11-13-25(37)19(2)16-22/h8-10,12,17,19,22,25H,7,11,13-16,18H2,1-6H3/t19-,22+,25-/m1/s1. The van der Waals surface area contributed by atoms with Crippen molar-refractivity contribution < 1.29 is 4.74 Å². The van der Waals surface area contributed by atoms with Gasteiger partial charge in [-0.1, -0.05) is 63.3 Å². The molecule has 0 unspecified atom stereocenters. The maximum atomic E-state index is 14.2. The Hall–Kier alpha value is -2.68. The van der Waals surface area contributed by atoms with Gasteiger partial charge in [0.15, 0.2) is 5.65 Å². The topological polar surface area (TPSA) is 65.2 Å². The normalized spacial score (nSPS) is 20.9. The zero-order valence-corrected chi connectivity index (χ0v) is 26.3. The van der Waals surface area contributed by atoms with Gasteiger partial charge in [0.2, 0.25) is 5.95 Å². The predicted molar refractivity (Wildman–Crippen MR) is 167 cm³/mol. The third kappa shape index (κ3) is 4.68. The van der Waals surface area contributed by atoms with Gasteiger partial charge in [-0.3, -0.25) is 14.3 Å². The van der Waals surface area contributed by atoms with Crippen LogP contribution >= 0.6 is 11.6 Å². The van der Waals surface area contributed by atoms with Crippen molar-refractivity contribution in [1.82, 2.24) is 19.1 Å². The lowest BCUT2D eigenvalue weighted by molar-refractivity contribution is 0.0899. The van der Waals surface area contributed by atoms with Crippen molar-refractivity contribution in [3.63, 3.8) is 0 Å². The number of ether oxygens (including phenoxy) is 1. The molecule has 4 aromatic rings. The smallest absolute Gasteiger partial charge is 0.264 e. The van der Waals surface area contributed by atoms with Gasteiger partial charge in [-0.05, 0) is 43.7 Å². The van der Waals surface area contributed by atoms with E-state index in [0.717, 1.165) is 65.4 Å². The van der Waals surface area contributed by atoms with Crippen LogP contribution in [0.25, 0.3) is 33.1 Å². The van der Waals surface area contributed by atoms with Gasteiger partial charge in [0, 0.05) is 62.2 Å². The molecule has 2 fully saturated rings. The zero-order valence-electron chi connectivity index (χ0n) is 24.5. The first-order valence-corrected chi connectivity index (χ1v) is 18.7. The van der Waals surface area contributed by atoms with Gasteiger partial charge in [-0.2, -0.15) is 4.98 Å². The van der Waals surface area contributed by atoms with E-state index in [1.807, 2.05) is 36.0 Å². The van der Waals surface area contributed by atoms with Crippen molar-refractivity contribution in [2.45, 2.75) is 84.0 Å². The van der Waals surface area contributed by atoms with E-state index in [4.69, 9.17) is 26.3 Å². The SMILES string of the molecule is CCc1ccc2ccc(-c3cn(COCC[Si](C)(C)C)c4nc(N5[C@H]6CC[C@@H]5[C@H](C)C6)n(C)c(=O)c34)c(Cl)c2n1. The third-order valence-corrected chi connectivity index (χ3v) is 11.0. The van der Waals surface area contributed by atoms with Gasteiger partial charge in [0.1, 0.15) is 6.73 Å². The van der Waals surface area contributed by atoms with Crippen LogP contribution in [0.15, 0.2) is 35.3 Å². The number of aromatic nitrogens is 4. The summed E-state index contributed by atoms with van der Waals surface area (Å²) in [6.45, 7) is 12.5. The molecule has 2 bridgehead atoms. The summed E-state index contributed by atoms with van der Waals surface area (Å²) in [5.41, 5.74) is 3.92. The molecule has 0 amide bonds. The highest BCUT2D eigenvalue weighted by molar-refractivity contribution is 6.76. The molecule has 7 nitrogen and oxygen atoms in total. The molecule has 40 heavy (non-hydrogen) atoms. The molecule has 1 aromatic carbocycles. The molecule has 2 saturated heterocycles. The molecular formula is C31H40ClN5O2Si. The van der Waals surface area contributed by atoms with E-state index in [0.29, 0.717) is 47.4 Å². The Labute approximate surface area is 242 Å².